The second kappa shape index (κ2) is 4.08. The lowest BCUT2D eigenvalue weighted by molar-refractivity contribution is 0.0709. The summed E-state index contributed by atoms with van der Waals surface area (Å²) in [6, 6.07) is 0. The molecule has 0 aliphatic rings. The van der Waals surface area contributed by atoms with E-state index in [1.807, 2.05) is 13.8 Å². The van der Waals surface area contributed by atoms with Gasteiger partial charge in [0.05, 0.1) is 19.3 Å². The van der Waals surface area contributed by atoms with Crippen molar-refractivity contribution in [2.24, 2.45) is 0 Å². The minimum absolute atomic E-state index is 0.290. The summed E-state index contributed by atoms with van der Waals surface area (Å²) in [6.07, 6.45) is 3.50. The lowest BCUT2D eigenvalue weighted by atomic mass is 10.5. The average molecular weight is 155 g/mol. The number of rotatable bonds is 4. The number of hydrogen-bond donors (Lipinski definition) is 0. The SMILES string of the molecule is CC(C)OCCn1cncn1. The molecule has 11 heavy (non-hydrogen) atoms. The van der Waals surface area contributed by atoms with Crippen LogP contribution in [0, 0.1) is 0 Å². The Labute approximate surface area is 66.2 Å². The van der Waals surface area contributed by atoms with Crippen LogP contribution in [-0.2, 0) is 11.3 Å². The zero-order valence-corrected chi connectivity index (χ0v) is 6.90. The molecule has 0 N–H and O–H groups in total. The van der Waals surface area contributed by atoms with E-state index in [1.54, 1.807) is 11.0 Å². The summed E-state index contributed by atoms with van der Waals surface area (Å²) in [6.45, 7) is 5.50. The quantitative estimate of drug-likeness (QED) is 0.642. The fourth-order valence-corrected chi connectivity index (χ4v) is 0.730. The lowest BCUT2D eigenvalue weighted by Crippen LogP contribution is -2.10. The van der Waals surface area contributed by atoms with Crippen molar-refractivity contribution in [1.82, 2.24) is 14.8 Å². The van der Waals surface area contributed by atoms with Crippen molar-refractivity contribution in [2.45, 2.75) is 26.5 Å². The van der Waals surface area contributed by atoms with E-state index in [9.17, 15) is 0 Å². The Kier molecular flexibility index (Phi) is 3.04. The summed E-state index contributed by atoms with van der Waals surface area (Å²) >= 11 is 0. The number of nitrogens with zero attached hydrogens (tertiary/aromatic N) is 3. The predicted molar refractivity (Wildman–Crippen MR) is 41.1 cm³/mol. The Morgan fingerprint density at radius 1 is 1.55 bits per heavy atom. The van der Waals surface area contributed by atoms with Crippen molar-refractivity contribution in [2.75, 3.05) is 6.61 Å². The van der Waals surface area contributed by atoms with E-state index in [-0.39, 0.29) is 0 Å². The van der Waals surface area contributed by atoms with Gasteiger partial charge in [0.15, 0.2) is 0 Å². The van der Waals surface area contributed by atoms with Crippen molar-refractivity contribution in [1.29, 1.82) is 0 Å². The molecule has 62 valence electrons. The summed E-state index contributed by atoms with van der Waals surface area (Å²) in [5, 5.41) is 3.94. The van der Waals surface area contributed by atoms with Crippen LogP contribution in [0.2, 0.25) is 0 Å². The zero-order chi connectivity index (χ0) is 8.10. The topological polar surface area (TPSA) is 39.9 Å². The molecule has 0 saturated heterocycles. The maximum Gasteiger partial charge on any atom is 0.137 e. The third kappa shape index (κ3) is 3.13. The highest BCUT2D eigenvalue weighted by Gasteiger charge is 1.93. The smallest absolute Gasteiger partial charge is 0.137 e. The fraction of sp³-hybridized carbons (Fsp3) is 0.714. The van der Waals surface area contributed by atoms with Crippen LogP contribution >= 0.6 is 0 Å². The largest absolute Gasteiger partial charge is 0.377 e. The van der Waals surface area contributed by atoms with Gasteiger partial charge in [-0.25, -0.2) is 4.98 Å². The molecule has 0 aliphatic heterocycles. The van der Waals surface area contributed by atoms with E-state index in [0.29, 0.717) is 12.7 Å². The number of aromatic nitrogens is 3. The second-order valence-electron chi connectivity index (χ2n) is 2.58. The van der Waals surface area contributed by atoms with Gasteiger partial charge >= 0.3 is 0 Å². The summed E-state index contributed by atoms with van der Waals surface area (Å²) in [4.78, 5) is 3.82. The summed E-state index contributed by atoms with van der Waals surface area (Å²) < 4.78 is 7.08. The molecule has 0 spiro atoms. The van der Waals surface area contributed by atoms with Crippen LogP contribution < -0.4 is 0 Å². The van der Waals surface area contributed by atoms with Crippen LogP contribution in [0.3, 0.4) is 0 Å². The van der Waals surface area contributed by atoms with Gasteiger partial charge in [0.1, 0.15) is 12.7 Å². The maximum absolute atomic E-state index is 5.33. The molecule has 0 atom stereocenters. The molecule has 0 saturated carbocycles. The minimum Gasteiger partial charge on any atom is -0.377 e. The van der Waals surface area contributed by atoms with E-state index >= 15 is 0 Å². The Hall–Kier alpha value is -0.900. The molecule has 1 aromatic rings. The third-order valence-electron chi connectivity index (χ3n) is 1.24. The van der Waals surface area contributed by atoms with E-state index in [4.69, 9.17) is 4.74 Å². The molecule has 1 heterocycles. The highest BCUT2D eigenvalue weighted by atomic mass is 16.5. The summed E-state index contributed by atoms with van der Waals surface area (Å²) in [5.41, 5.74) is 0. The maximum atomic E-state index is 5.33. The van der Waals surface area contributed by atoms with Gasteiger partial charge in [-0.15, -0.1) is 0 Å². The van der Waals surface area contributed by atoms with E-state index in [2.05, 4.69) is 10.1 Å². The molecular formula is C7H13N3O. The lowest BCUT2D eigenvalue weighted by Gasteiger charge is -2.06. The minimum atomic E-state index is 0.290. The normalized spacial score (nSPS) is 10.8. The average Bonchev–Trinajstić information content (AvgIpc) is 2.39. The van der Waals surface area contributed by atoms with E-state index in [0.717, 1.165) is 6.54 Å². The summed E-state index contributed by atoms with van der Waals surface area (Å²) in [7, 11) is 0. The first kappa shape index (κ1) is 8.20. The number of ether oxygens (including phenoxy) is 1. The molecule has 4 heteroatoms. The van der Waals surface area contributed by atoms with E-state index in [1.165, 1.54) is 6.33 Å². The molecular weight excluding hydrogens is 142 g/mol. The van der Waals surface area contributed by atoms with Crippen LogP contribution in [0.5, 0.6) is 0 Å². The molecule has 0 aromatic carbocycles. The van der Waals surface area contributed by atoms with E-state index < -0.39 is 0 Å². The van der Waals surface area contributed by atoms with Gasteiger partial charge in [0.25, 0.3) is 0 Å². The monoisotopic (exact) mass is 155 g/mol. The summed E-state index contributed by atoms with van der Waals surface area (Å²) in [5.74, 6) is 0. The van der Waals surface area contributed by atoms with Crippen LogP contribution in [0.1, 0.15) is 13.8 Å². The van der Waals surface area contributed by atoms with Gasteiger partial charge in [0, 0.05) is 0 Å². The van der Waals surface area contributed by atoms with Crippen molar-refractivity contribution >= 4 is 0 Å². The van der Waals surface area contributed by atoms with Gasteiger partial charge in [-0.2, -0.15) is 5.10 Å². The Bertz CT molecular complexity index is 184. The molecule has 0 aliphatic carbocycles. The standard InChI is InChI=1S/C7H13N3O/c1-7(2)11-4-3-10-6-8-5-9-10/h5-7H,3-4H2,1-2H3. The zero-order valence-electron chi connectivity index (χ0n) is 6.90. The molecule has 0 fully saturated rings. The van der Waals surface area contributed by atoms with Crippen molar-refractivity contribution in [3.8, 4) is 0 Å². The molecule has 4 nitrogen and oxygen atoms in total. The predicted octanol–water partition coefficient (Wildman–Crippen LogP) is 0.703. The van der Waals surface area contributed by atoms with Crippen LogP contribution in [-0.4, -0.2) is 27.5 Å². The Balaban J connectivity index is 2.14. The molecule has 0 unspecified atom stereocenters. The fourth-order valence-electron chi connectivity index (χ4n) is 0.730. The third-order valence-corrected chi connectivity index (χ3v) is 1.24. The first-order chi connectivity index (χ1) is 5.29. The van der Waals surface area contributed by atoms with Crippen molar-refractivity contribution in [3.63, 3.8) is 0 Å². The second-order valence-corrected chi connectivity index (χ2v) is 2.58. The molecule has 0 amide bonds. The molecule has 0 bridgehead atoms. The molecule has 1 aromatic heterocycles. The van der Waals surface area contributed by atoms with Crippen molar-refractivity contribution in [3.05, 3.63) is 12.7 Å². The van der Waals surface area contributed by atoms with Gasteiger partial charge in [0.2, 0.25) is 0 Å². The first-order valence-electron chi connectivity index (χ1n) is 3.73. The molecule has 0 radical (unpaired) electrons. The Morgan fingerprint density at radius 3 is 2.91 bits per heavy atom. The van der Waals surface area contributed by atoms with Gasteiger partial charge < -0.3 is 4.74 Å². The van der Waals surface area contributed by atoms with Gasteiger partial charge in [-0.1, -0.05) is 0 Å². The van der Waals surface area contributed by atoms with Crippen LogP contribution in [0.15, 0.2) is 12.7 Å². The van der Waals surface area contributed by atoms with Crippen molar-refractivity contribution < 1.29 is 4.74 Å². The highest BCUT2D eigenvalue weighted by molar-refractivity contribution is 4.55. The molecule has 1 rings (SSSR count). The Morgan fingerprint density at radius 2 is 2.36 bits per heavy atom. The first-order valence-corrected chi connectivity index (χ1v) is 3.73. The van der Waals surface area contributed by atoms with Crippen LogP contribution in [0.4, 0.5) is 0 Å². The van der Waals surface area contributed by atoms with Crippen LogP contribution in [0.25, 0.3) is 0 Å². The van der Waals surface area contributed by atoms with Gasteiger partial charge in [-0.3, -0.25) is 4.68 Å². The number of hydrogen-bond acceptors (Lipinski definition) is 3. The van der Waals surface area contributed by atoms with Gasteiger partial charge in [-0.05, 0) is 13.8 Å². The highest BCUT2D eigenvalue weighted by Crippen LogP contribution is 1.88.